The molecule has 8 nitrogen and oxygen atoms in total. The third-order valence-electron chi connectivity index (χ3n) is 3.60. The van der Waals surface area contributed by atoms with Gasteiger partial charge in [-0.1, -0.05) is 25.4 Å². The van der Waals surface area contributed by atoms with Crippen LogP contribution < -0.4 is 19.9 Å². The Morgan fingerprint density at radius 2 is 1.74 bits per heavy atom. The third-order valence-corrected chi connectivity index (χ3v) is 4.71. The molecule has 0 spiro atoms. The molecule has 0 unspecified atom stereocenters. The first-order chi connectivity index (χ1) is 13.0. The normalized spacial score (nSPS) is 10.3. The molecule has 27 heavy (non-hydrogen) atoms. The number of pyridine rings is 1. The topological polar surface area (TPSA) is 97.3 Å². The van der Waals surface area contributed by atoms with Crippen LogP contribution in [-0.2, 0) is 6.54 Å². The van der Waals surface area contributed by atoms with Crippen LogP contribution in [0.15, 0.2) is 16.7 Å². The van der Waals surface area contributed by atoms with Crippen LogP contribution >= 0.6 is 27.5 Å². The number of rotatable bonds is 5. The minimum absolute atomic E-state index is 0.106. The lowest BCUT2D eigenvalue weighted by Gasteiger charge is -2.16. The number of halogens is 2. The van der Waals surface area contributed by atoms with Crippen molar-refractivity contribution in [2.45, 2.75) is 20.4 Å². The lowest BCUT2D eigenvalue weighted by atomic mass is 10.3. The Morgan fingerprint density at radius 3 is 2.33 bits per heavy atom. The molecule has 3 rings (SSSR count). The highest BCUT2D eigenvalue weighted by molar-refractivity contribution is 9.10. The second-order valence-electron chi connectivity index (χ2n) is 5.00. The molecule has 10 heteroatoms. The molecule has 3 aromatic heterocycles. The van der Waals surface area contributed by atoms with Crippen LogP contribution in [0, 0.1) is 0 Å². The molecule has 0 aliphatic carbocycles. The molecule has 0 aromatic carbocycles. The highest BCUT2D eigenvalue weighted by Crippen LogP contribution is 2.43. The van der Waals surface area contributed by atoms with Crippen LogP contribution in [0.2, 0.25) is 5.15 Å². The molecule has 3 heterocycles. The first-order valence-electron chi connectivity index (χ1n) is 8.12. The molecule has 0 bridgehead atoms. The average molecular weight is 459 g/mol. The molecule has 3 aromatic rings. The Hall–Kier alpha value is -2.26. The van der Waals surface area contributed by atoms with E-state index >= 15 is 0 Å². The van der Waals surface area contributed by atoms with Crippen molar-refractivity contribution in [3.05, 3.63) is 27.6 Å². The fourth-order valence-corrected chi connectivity index (χ4v) is 3.28. The molecule has 0 radical (unpaired) electrons. The van der Waals surface area contributed by atoms with Gasteiger partial charge in [0.15, 0.2) is 5.75 Å². The number of anilines is 1. The number of hydrogen-bond donors (Lipinski definition) is 1. The Morgan fingerprint density at radius 1 is 1.07 bits per heavy atom. The minimum atomic E-state index is 0.106. The van der Waals surface area contributed by atoms with Gasteiger partial charge in [-0.25, -0.2) is 9.97 Å². The summed E-state index contributed by atoms with van der Waals surface area (Å²) in [5.74, 6) is 1.33. The highest BCUT2D eigenvalue weighted by Gasteiger charge is 2.21. The maximum absolute atomic E-state index is 6.12. The summed E-state index contributed by atoms with van der Waals surface area (Å²) in [4.78, 5) is 12.7. The number of nitrogens with zero attached hydrogens (tertiary/aromatic N) is 4. The van der Waals surface area contributed by atoms with Gasteiger partial charge in [-0.3, -0.25) is 0 Å². The van der Waals surface area contributed by atoms with Crippen molar-refractivity contribution in [3.8, 4) is 17.4 Å². The summed E-state index contributed by atoms with van der Waals surface area (Å²) in [6.07, 6.45) is 1.84. The number of aromatic nitrogens is 4. The first kappa shape index (κ1) is 21.0. The zero-order valence-electron chi connectivity index (χ0n) is 15.7. The molecular weight excluding hydrogens is 438 g/mol. The second kappa shape index (κ2) is 9.09. The van der Waals surface area contributed by atoms with Gasteiger partial charge in [0.25, 0.3) is 5.88 Å². The molecule has 0 fully saturated rings. The Balaban J connectivity index is 0.00000126. The molecule has 146 valence electrons. The van der Waals surface area contributed by atoms with E-state index in [9.17, 15) is 0 Å². The lowest BCUT2D eigenvalue weighted by Crippen LogP contribution is -2.07. The largest absolute Gasteiger partial charge is 0.492 e. The van der Waals surface area contributed by atoms with Crippen molar-refractivity contribution in [1.29, 1.82) is 0 Å². The van der Waals surface area contributed by atoms with Crippen molar-refractivity contribution in [3.63, 3.8) is 0 Å². The van der Waals surface area contributed by atoms with E-state index in [2.05, 4.69) is 30.9 Å². The molecule has 0 saturated carbocycles. The minimum Gasteiger partial charge on any atom is -0.492 e. The molecule has 2 N–H and O–H groups in total. The smallest absolute Gasteiger partial charge is 0.261 e. The number of nitrogen functional groups attached to an aromatic ring is 1. The number of methoxy groups -OCH3 is 3. The van der Waals surface area contributed by atoms with Crippen molar-refractivity contribution in [2.75, 3.05) is 27.1 Å². The zero-order valence-corrected chi connectivity index (χ0v) is 18.1. The van der Waals surface area contributed by atoms with E-state index in [0.29, 0.717) is 50.3 Å². The van der Waals surface area contributed by atoms with Gasteiger partial charge in [-0.2, -0.15) is 4.98 Å². The molecule has 0 saturated heterocycles. The second-order valence-corrected chi connectivity index (χ2v) is 6.15. The fourth-order valence-electron chi connectivity index (χ4n) is 2.49. The van der Waals surface area contributed by atoms with Crippen LogP contribution in [0.1, 0.15) is 19.5 Å². The maximum atomic E-state index is 6.12. The summed E-state index contributed by atoms with van der Waals surface area (Å²) >= 11 is 9.63. The predicted octanol–water partition coefficient (Wildman–Crippen LogP) is 3.92. The van der Waals surface area contributed by atoms with Gasteiger partial charge in [0.1, 0.15) is 10.8 Å². The monoisotopic (exact) mass is 457 g/mol. The van der Waals surface area contributed by atoms with Crippen LogP contribution in [-0.4, -0.2) is 40.8 Å². The van der Waals surface area contributed by atoms with Crippen molar-refractivity contribution in [2.24, 2.45) is 0 Å². The molecule has 0 atom stereocenters. The van der Waals surface area contributed by atoms with E-state index in [4.69, 9.17) is 31.5 Å². The van der Waals surface area contributed by atoms with Gasteiger partial charge in [-0.15, -0.1) is 0 Å². The van der Waals surface area contributed by atoms with E-state index < -0.39 is 0 Å². The first-order valence-corrected chi connectivity index (χ1v) is 9.29. The van der Waals surface area contributed by atoms with Gasteiger partial charge in [-0.05, 0) is 22.0 Å². The van der Waals surface area contributed by atoms with E-state index in [0.717, 1.165) is 0 Å². The van der Waals surface area contributed by atoms with Crippen LogP contribution in [0.25, 0.3) is 11.0 Å². The van der Waals surface area contributed by atoms with Gasteiger partial charge in [0, 0.05) is 6.20 Å². The number of nitrogens with two attached hydrogens (primary N) is 1. The summed E-state index contributed by atoms with van der Waals surface area (Å²) in [5, 5.41) is 1.01. The number of ether oxygens (including phenoxy) is 3. The quantitative estimate of drug-likeness (QED) is 0.579. The standard InChI is InChI=1S/C15H15BrClN5O3.C2H6/c1-23-10-9(16)8(19-14(25-3)11(10)24-2)6-22-5-4-7-12(17)20-15(18)21-13(7)22;1-2/h4-5H,6H2,1-3H3,(H2,18,20,21);1-2H3. The van der Waals surface area contributed by atoms with Crippen molar-refractivity contribution >= 4 is 44.5 Å². The maximum Gasteiger partial charge on any atom is 0.261 e. The van der Waals surface area contributed by atoms with Crippen LogP contribution in [0.3, 0.4) is 0 Å². The number of hydrogen-bond acceptors (Lipinski definition) is 7. The molecule has 0 aliphatic rings. The Labute approximate surface area is 170 Å². The third kappa shape index (κ3) is 4.03. The summed E-state index contributed by atoms with van der Waals surface area (Å²) in [5.41, 5.74) is 6.98. The van der Waals surface area contributed by atoms with Crippen molar-refractivity contribution < 1.29 is 14.2 Å². The molecular formula is C17H21BrClN5O3. The predicted molar refractivity (Wildman–Crippen MR) is 109 cm³/mol. The molecule has 0 amide bonds. The SMILES string of the molecule is CC.COc1nc(Cn2ccc3c(Cl)nc(N)nc32)c(Br)c(OC)c1OC. The van der Waals surface area contributed by atoms with Gasteiger partial charge in [0.05, 0.1) is 43.4 Å². The van der Waals surface area contributed by atoms with Crippen LogP contribution in [0.4, 0.5) is 5.95 Å². The number of fused-ring (bicyclic) bond motifs is 1. The summed E-state index contributed by atoms with van der Waals surface area (Å²) in [7, 11) is 4.58. The summed E-state index contributed by atoms with van der Waals surface area (Å²) < 4.78 is 18.6. The van der Waals surface area contributed by atoms with E-state index in [1.807, 2.05) is 30.7 Å². The Kier molecular flexibility index (Phi) is 7.09. The van der Waals surface area contributed by atoms with E-state index in [1.165, 1.54) is 14.2 Å². The van der Waals surface area contributed by atoms with Crippen LogP contribution in [0.5, 0.6) is 17.4 Å². The average Bonchev–Trinajstić information content (AvgIpc) is 3.07. The Bertz CT molecular complexity index is 948. The van der Waals surface area contributed by atoms with Gasteiger partial charge >= 0.3 is 0 Å². The van der Waals surface area contributed by atoms with E-state index in [1.54, 1.807) is 7.11 Å². The van der Waals surface area contributed by atoms with Gasteiger partial charge < -0.3 is 24.5 Å². The lowest BCUT2D eigenvalue weighted by molar-refractivity contribution is 0.313. The molecule has 0 aliphatic heterocycles. The van der Waals surface area contributed by atoms with Crippen molar-refractivity contribution in [1.82, 2.24) is 19.5 Å². The highest BCUT2D eigenvalue weighted by atomic mass is 79.9. The zero-order chi connectivity index (χ0) is 20.1. The summed E-state index contributed by atoms with van der Waals surface area (Å²) in [6.45, 7) is 4.38. The van der Waals surface area contributed by atoms with Gasteiger partial charge in [0.2, 0.25) is 11.7 Å². The van der Waals surface area contributed by atoms with E-state index in [-0.39, 0.29) is 5.95 Å². The fraction of sp³-hybridized carbons (Fsp3) is 0.353. The summed E-state index contributed by atoms with van der Waals surface area (Å²) in [6, 6.07) is 1.82.